The van der Waals surface area contributed by atoms with E-state index in [-0.39, 0.29) is 6.42 Å². The van der Waals surface area contributed by atoms with E-state index in [1.165, 1.54) is 6.92 Å². The summed E-state index contributed by atoms with van der Waals surface area (Å²) in [5, 5.41) is 0. The summed E-state index contributed by atoms with van der Waals surface area (Å²) >= 11 is 0. The average Bonchev–Trinajstić information content (AvgIpc) is 2.34. The van der Waals surface area contributed by atoms with E-state index in [4.69, 9.17) is 15.2 Å². The molecule has 0 radical (unpaired) electrons. The van der Waals surface area contributed by atoms with Gasteiger partial charge in [-0.2, -0.15) is 0 Å². The molecular formula is C14H19NO4. The normalized spacial score (nSPS) is 11.7. The second-order valence-corrected chi connectivity index (χ2v) is 4.30. The van der Waals surface area contributed by atoms with Gasteiger partial charge in [-0.3, -0.25) is 9.59 Å². The number of nitrogens with two attached hydrogens (primary N) is 1. The highest BCUT2D eigenvalue weighted by molar-refractivity contribution is 5.81. The predicted octanol–water partition coefficient (Wildman–Crippen LogP) is 1.57. The average molecular weight is 265 g/mol. The number of rotatable bonds is 7. The van der Waals surface area contributed by atoms with Crippen molar-refractivity contribution < 1.29 is 19.1 Å². The number of hydrogen-bond donors (Lipinski definition) is 1. The molecule has 0 saturated heterocycles. The fourth-order valence-electron chi connectivity index (χ4n) is 1.43. The molecule has 0 bridgehead atoms. The first-order valence-electron chi connectivity index (χ1n) is 6.17. The molecule has 0 aliphatic rings. The maximum Gasteiger partial charge on any atom is 0.306 e. The van der Waals surface area contributed by atoms with Crippen molar-refractivity contribution in [3.63, 3.8) is 0 Å². The number of amides is 1. The number of aryl methyl sites for hydroxylation is 1. The van der Waals surface area contributed by atoms with E-state index in [0.717, 1.165) is 11.3 Å². The van der Waals surface area contributed by atoms with Crippen LogP contribution in [0.4, 0.5) is 0 Å². The van der Waals surface area contributed by atoms with E-state index in [0.29, 0.717) is 13.0 Å². The van der Waals surface area contributed by atoms with Crippen molar-refractivity contribution in [3.8, 4) is 5.75 Å². The highest BCUT2D eigenvalue weighted by atomic mass is 16.5. The Morgan fingerprint density at radius 2 is 2.11 bits per heavy atom. The van der Waals surface area contributed by atoms with Gasteiger partial charge in [0.1, 0.15) is 5.75 Å². The van der Waals surface area contributed by atoms with Crippen LogP contribution in [0.2, 0.25) is 0 Å². The fraction of sp³-hybridized carbons (Fsp3) is 0.429. The number of carbonyl (C=O) groups excluding carboxylic acids is 2. The molecule has 0 aromatic heterocycles. The molecule has 0 saturated carbocycles. The molecule has 0 aliphatic carbocycles. The molecular weight excluding hydrogens is 246 g/mol. The first-order chi connectivity index (χ1) is 8.99. The van der Waals surface area contributed by atoms with Gasteiger partial charge in [0.2, 0.25) is 0 Å². The summed E-state index contributed by atoms with van der Waals surface area (Å²) in [5.74, 6) is -0.317. The molecule has 2 N–H and O–H groups in total. The van der Waals surface area contributed by atoms with Crippen LogP contribution >= 0.6 is 0 Å². The Morgan fingerprint density at radius 1 is 1.37 bits per heavy atom. The van der Waals surface area contributed by atoms with Gasteiger partial charge in [-0.1, -0.05) is 12.1 Å². The second-order valence-electron chi connectivity index (χ2n) is 4.30. The van der Waals surface area contributed by atoms with Gasteiger partial charge in [0.15, 0.2) is 6.10 Å². The number of benzene rings is 1. The van der Waals surface area contributed by atoms with Crippen LogP contribution in [-0.2, 0) is 14.3 Å². The lowest BCUT2D eigenvalue weighted by Crippen LogP contribution is -2.30. The minimum atomic E-state index is -0.884. The third-order valence-electron chi connectivity index (χ3n) is 2.49. The summed E-state index contributed by atoms with van der Waals surface area (Å²) in [6, 6.07) is 7.68. The van der Waals surface area contributed by atoms with Gasteiger partial charge in [-0.25, -0.2) is 0 Å². The molecule has 5 nitrogen and oxygen atoms in total. The number of esters is 1. The summed E-state index contributed by atoms with van der Waals surface area (Å²) in [4.78, 5) is 22.0. The maximum atomic E-state index is 11.3. The zero-order valence-electron chi connectivity index (χ0n) is 11.2. The van der Waals surface area contributed by atoms with Crippen LogP contribution in [0.15, 0.2) is 24.3 Å². The quantitative estimate of drug-likeness (QED) is 0.599. The molecule has 0 fully saturated rings. The van der Waals surface area contributed by atoms with E-state index in [1.54, 1.807) is 0 Å². The van der Waals surface area contributed by atoms with Crippen molar-refractivity contribution in [2.75, 3.05) is 6.61 Å². The van der Waals surface area contributed by atoms with Gasteiger partial charge in [0.25, 0.3) is 5.91 Å². The number of carbonyl (C=O) groups is 2. The zero-order valence-corrected chi connectivity index (χ0v) is 11.2. The molecule has 1 unspecified atom stereocenters. The largest absolute Gasteiger partial charge is 0.494 e. The third-order valence-corrected chi connectivity index (χ3v) is 2.49. The topological polar surface area (TPSA) is 78.6 Å². The molecule has 0 spiro atoms. The third kappa shape index (κ3) is 5.90. The van der Waals surface area contributed by atoms with E-state index in [9.17, 15) is 9.59 Å². The van der Waals surface area contributed by atoms with Crippen molar-refractivity contribution in [3.05, 3.63) is 29.8 Å². The van der Waals surface area contributed by atoms with E-state index in [1.807, 2.05) is 31.2 Å². The Morgan fingerprint density at radius 3 is 2.74 bits per heavy atom. The molecule has 1 aromatic carbocycles. The molecule has 5 heteroatoms. The van der Waals surface area contributed by atoms with Gasteiger partial charge in [-0.15, -0.1) is 0 Å². The summed E-state index contributed by atoms with van der Waals surface area (Å²) in [6.07, 6.45) is -0.160. The molecule has 19 heavy (non-hydrogen) atoms. The Balaban J connectivity index is 2.20. The Kier molecular flexibility index (Phi) is 5.85. The maximum absolute atomic E-state index is 11.3. The van der Waals surface area contributed by atoms with Crippen molar-refractivity contribution in [2.24, 2.45) is 5.73 Å². The highest BCUT2D eigenvalue weighted by Gasteiger charge is 2.13. The van der Waals surface area contributed by atoms with Crippen LogP contribution in [0.1, 0.15) is 25.3 Å². The summed E-state index contributed by atoms with van der Waals surface area (Å²) in [7, 11) is 0. The SMILES string of the molecule is Cc1cccc(OCCCC(=O)OC(C)C(N)=O)c1. The smallest absolute Gasteiger partial charge is 0.306 e. The van der Waals surface area contributed by atoms with Crippen LogP contribution in [0.3, 0.4) is 0 Å². The first kappa shape index (κ1) is 15.0. The van der Waals surface area contributed by atoms with Gasteiger partial charge in [0, 0.05) is 6.42 Å². The summed E-state index contributed by atoms with van der Waals surface area (Å²) in [6.45, 7) is 3.85. The minimum Gasteiger partial charge on any atom is -0.494 e. The lowest BCUT2D eigenvalue weighted by molar-refractivity contribution is -0.153. The zero-order chi connectivity index (χ0) is 14.3. The van der Waals surface area contributed by atoms with Crippen molar-refractivity contribution in [1.82, 2.24) is 0 Å². The van der Waals surface area contributed by atoms with Crippen LogP contribution in [0.25, 0.3) is 0 Å². The van der Waals surface area contributed by atoms with Gasteiger partial charge >= 0.3 is 5.97 Å². The lowest BCUT2D eigenvalue weighted by Gasteiger charge is -2.10. The standard InChI is InChI=1S/C14H19NO4/c1-10-5-3-6-12(9-10)18-8-4-7-13(16)19-11(2)14(15)17/h3,5-6,9,11H,4,7-8H2,1-2H3,(H2,15,17). The summed E-state index contributed by atoms with van der Waals surface area (Å²) < 4.78 is 10.3. The Hall–Kier alpha value is -2.04. The number of hydrogen-bond acceptors (Lipinski definition) is 4. The molecule has 104 valence electrons. The monoisotopic (exact) mass is 265 g/mol. The van der Waals surface area contributed by atoms with Crippen LogP contribution in [0, 0.1) is 6.92 Å². The lowest BCUT2D eigenvalue weighted by atomic mass is 10.2. The minimum absolute atomic E-state index is 0.198. The van der Waals surface area contributed by atoms with Gasteiger partial charge < -0.3 is 15.2 Å². The molecule has 0 aliphatic heterocycles. The molecule has 1 rings (SSSR count). The molecule has 1 amide bonds. The van der Waals surface area contributed by atoms with Gasteiger partial charge in [0.05, 0.1) is 6.61 Å². The fourth-order valence-corrected chi connectivity index (χ4v) is 1.43. The van der Waals surface area contributed by atoms with Crippen molar-refractivity contribution in [1.29, 1.82) is 0 Å². The van der Waals surface area contributed by atoms with E-state index in [2.05, 4.69) is 0 Å². The Labute approximate surface area is 112 Å². The first-order valence-corrected chi connectivity index (χ1v) is 6.17. The molecule has 0 heterocycles. The van der Waals surface area contributed by atoms with Crippen molar-refractivity contribution >= 4 is 11.9 Å². The van der Waals surface area contributed by atoms with E-state index >= 15 is 0 Å². The number of primary amides is 1. The molecule has 1 atom stereocenters. The van der Waals surface area contributed by atoms with Crippen LogP contribution in [-0.4, -0.2) is 24.6 Å². The highest BCUT2D eigenvalue weighted by Crippen LogP contribution is 2.12. The summed E-state index contributed by atoms with van der Waals surface area (Å²) in [5.41, 5.74) is 6.11. The number of ether oxygens (including phenoxy) is 2. The Bertz CT molecular complexity index is 445. The van der Waals surface area contributed by atoms with Crippen LogP contribution in [0.5, 0.6) is 5.75 Å². The second kappa shape index (κ2) is 7.41. The van der Waals surface area contributed by atoms with E-state index < -0.39 is 18.0 Å². The van der Waals surface area contributed by atoms with Crippen molar-refractivity contribution in [2.45, 2.75) is 32.8 Å². The molecule has 1 aromatic rings. The predicted molar refractivity (Wildman–Crippen MR) is 70.7 cm³/mol. The van der Waals surface area contributed by atoms with Gasteiger partial charge in [-0.05, 0) is 38.0 Å². The van der Waals surface area contributed by atoms with Crippen LogP contribution < -0.4 is 10.5 Å².